The number of carboxylic acid groups (broad SMARTS) is 1. The topological polar surface area (TPSA) is 79.3 Å². The molecule has 1 heterocycles. The summed E-state index contributed by atoms with van der Waals surface area (Å²) in [5, 5.41) is 11.6. The summed E-state index contributed by atoms with van der Waals surface area (Å²) in [5.74, 6) is -1.61. The first-order valence-electron chi connectivity index (χ1n) is 5.61. The number of nitrogens with one attached hydrogen (secondary N) is 1. The van der Waals surface area contributed by atoms with Gasteiger partial charge in [0.15, 0.2) is 0 Å². The molecular formula is C12H15BrN2O3. The van der Waals surface area contributed by atoms with Gasteiger partial charge in [-0.3, -0.25) is 4.79 Å². The van der Waals surface area contributed by atoms with Crippen molar-refractivity contribution in [2.45, 2.75) is 26.3 Å². The van der Waals surface area contributed by atoms with Gasteiger partial charge in [-0.2, -0.15) is 0 Å². The minimum atomic E-state index is -1.03. The fourth-order valence-electron chi connectivity index (χ4n) is 1.46. The number of carboxylic acids is 1. The van der Waals surface area contributed by atoms with E-state index in [0.29, 0.717) is 16.6 Å². The lowest BCUT2D eigenvalue weighted by molar-refractivity contribution is -0.140. The maximum Gasteiger partial charge on any atom is 0.326 e. The third kappa shape index (κ3) is 3.53. The molecule has 0 aliphatic heterocycles. The van der Waals surface area contributed by atoms with Crippen molar-refractivity contribution in [2.24, 2.45) is 5.92 Å². The number of aliphatic carboxylic acids is 1. The van der Waals surface area contributed by atoms with Crippen LogP contribution in [0.1, 0.15) is 30.6 Å². The first kappa shape index (κ1) is 14.6. The van der Waals surface area contributed by atoms with Crippen LogP contribution in [0, 0.1) is 5.92 Å². The van der Waals surface area contributed by atoms with E-state index < -0.39 is 17.9 Å². The predicted molar refractivity (Wildman–Crippen MR) is 70.3 cm³/mol. The number of carbonyl (C=O) groups is 2. The predicted octanol–water partition coefficient (Wildman–Crippen LogP) is 2.07. The molecule has 0 aliphatic rings. The molecular weight excluding hydrogens is 300 g/mol. The van der Waals surface area contributed by atoms with E-state index in [1.54, 1.807) is 25.3 Å². The highest BCUT2D eigenvalue weighted by molar-refractivity contribution is 9.10. The number of carbonyl (C=O) groups excluding carboxylic acids is 1. The van der Waals surface area contributed by atoms with Crippen LogP contribution in [0.15, 0.2) is 22.9 Å². The molecule has 0 saturated heterocycles. The van der Waals surface area contributed by atoms with Crippen molar-refractivity contribution >= 4 is 27.8 Å². The highest BCUT2D eigenvalue weighted by Gasteiger charge is 2.26. The molecule has 1 rings (SSSR count). The van der Waals surface area contributed by atoms with Crippen LogP contribution < -0.4 is 5.32 Å². The van der Waals surface area contributed by atoms with Crippen molar-refractivity contribution in [2.75, 3.05) is 0 Å². The van der Waals surface area contributed by atoms with Crippen LogP contribution in [0.4, 0.5) is 0 Å². The fraction of sp³-hybridized carbons (Fsp3) is 0.417. The lowest BCUT2D eigenvalue weighted by Crippen LogP contribution is -2.45. The van der Waals surface area contributed by atoms with Crippen molar-refractivity contribution in [3.05, 3.63) is 28.5 Å². The van der Waals surface area contributed by atoms with E-state index >= 15 is 0 Å². The lowest BCUT2D eigenvalue weighted by atomic mass is 9.99. The van der Waals surface area contributed by atoms with Crippen LogP contribution in [-0.4, -0.2) is 28.0 Å². The van der Waals surface area contributed by atoms with Gasteiger partial charge in [0.05, 0.1) is 5.56 Å². The van der Waals surface area contributed by atoms with Crippen LogP contribution in [0.3, 0.4) is 0 Å². The molecule has 6 heteroatoms. The van der Waals surface area contributed by atoms with Gasteiger partial charge in [-0.05, 0) is 34.0 Å². The first-order valence-corrected chi connectivity index (χ1v) is 6.40. The molecule has 98 valence electrons. The van der Waals surface area contributed by atoms with E-state index in [4.69, 9.17) is 5.11 Å². The summed E-state index contributed by atoms with van der Waals surface area (Å²) in [4.78, 5) is 27.0. The van der Waals surface area contributed by atoms with Gasteiger partial charge in [0.1, 0.15) is 10.6 Å². The molecule has 0 saturated carbocycles. The molecule has 0 aliphatic carbocycles. The smallest absolute Gasteiger partial charge is 0.326 e. The first-order chi connectivity index (χ1) is 8.47. The Hall–Kier alpha value is -1.43. The Labute approximate surface area is 114 Å². The van der Waals surface area contributed by atoms with Gasteiger partial charge in [0.25, 0.3) is 5.91 Å². The van der Waals surface area contributed by atoms with E-state index in [2.05, 4.69) is 26.2 Å². The Morgan fingerprint density at radius 3 is 2.72 bits per heavy atom. The average Bonchev–Trinajstić information content (AvgIpc) is 2.35. The van der Waals surface area contributed by atoms with E-state index in [1.165, 1.54) is 0 Å². The van der Waals surface area contributed by atoms with Gasteiger partial charge < -0.3 is 10.4 Å². The minimum absolute atomic E-state index is 0.137. The number of nitrogens with zero attached hydrogens (tertiary/aromatic N) is 1. The largest absolute Gasteiger partial charge is 0.480 e. The van der Waals surface area contributed by atoms with Gasteiger partial charge in [0, 0.05) is 6.20 Å². The fourth-order valence-corrected chi connectivity index (χ4v) is 1.89. The molecule has 0 radical (unpaired) electrons. The molecule has 0 aromatic carbocycles. The summed E-state index contributed by atoms with van der Waals surface area (Å²) in [6.07, 6.45) is 2.22. The monoisotopic (exact) mass is 314 g/mol. The van der Waals surface area contributed by atoms with E-state index in [1.807, 2.05) is 6.92 Å². The Morgan fingerprint density at radius 1 is 1.56 bits per heavy atom. The summed E-state index contributed by atoms with van der Waals surface area (Å²) in [5.41, 5.74) is 0.326. The second kappa shape index (κ2) is 6.49. The standard InChI is InChI=1S/C12H15BrN2O3/c1-3-7(2)9(12(17)18)15-11(16)8-5-4-6-14-10(8)13/h4-7,9H,3H2,1-2H3,(H,15,16)(H,17,18)/t7-,9-/m0/s1. The molecule has 2 atom stereocenters. The number of rotatable bonds is 5. The van der Waals surface area contributed by atoms with Crippen LogP contribution in [0.25, 0.3) is 0 Å². The molecule has 0 unspecified atom stereocenters. The molecule has 1 amide bonds. The van der Waals surface area contributed by atoms with Crippen molar-refractivity contribution in [3.63, 3.8) is 0 Å². The highest BCUT2D eigenvalue weighted by atomic mass is 79.9. The average molecular weight is 315 g/mol. The molecule has 18 heavy (non-hydrogen) atoms. The van der Waals surface area contributed by atoms with E-state index in [-0.39, 0.29) is 5.92 Å². The molecule has 5 nitrogen and oxygen atoms in total. The van der Waals surface area contributed by atoms with Crippen molar-refractivity contribution in [3.8, 4) is 0 Å². The highest BCUT2D eigenvalue weighted by Crippen LogP contribution is 2.14. The summed E-state index contributed by atoms with van der Waals surface area (Å²) in [7, 11) is 0. The maximum absolute atomic E-state index is 12.0. The van der Waals surface area contributed by atoms with Crippen molar-refractivity contribution in [1.82, 2.24) is 10.3 Å². The van der Waals surface area contributed by atoms with Gasteiger partial charge in [-0.1, -0.05) is 20.3 Å². The van der Waals surface area contributed by atoms with E-state index in [0.717, 1.165) is 0 Å². The zero-order chi connectivity index (χ0) is 13.7. The minimum Gasteiger partial charge on any atom is -0.480 e. The normalized spacial score (nSPS) is 13.7. The molecule has 1 aromatic heterocycles. The summed E-state index contributed by atoms with van der Waals surface area (Å²) >= 11 is 3.16. The Morgan fingerprint density at radius 2 is 2.22 bits per heavy atom. The Kier molecular flexibility index (Phi) is 5.27. The van der Waals surface area contributed by atoms with Crippen molar-refractivity contribution in [1.29, 1.82) is 0 Å². The van der Waals surface area contributed by atoms with Gasteiger partial charge in [0.2, 0.25) is 0 Å². The Bertz CT molecular complexity index is 451. The zero-order valence-electron chi connectivity index (χ0n) is 10.2. The third-order valence-electron chi connectivity index (χ3n) is 2.77. The van der Waals surface area contributed by atoms with Gasteiger partial charge >= 0.3 is 5.97 Å². The molecule has 2 N–H and O–H groups in total. The molecule has 0 fully saturated rings. The number of hydrogen-bond donors (Lipinski definition) is 2. The Balaban J connectivity index is 2.86. The summed E-state index contributed by atoms with van der Waals surface area (Å²) < 4.78 is 0.399. The third-order valence-corrected chi connectivity index (χ3v) is 3.40. The lowest BCUT2D eigenvalue weighted by Gasteiger charge is -2.20. The van der Waals surface area contributed by atoms with E-state index in [9.17, 15) is 9.59 Å². The SMILES string of the molecule is CC[C@H](C)[C@H](NC(=O)c1cccnc1Br)C(=O)O. The number of amides is 1. The van der Waals surface area contributed by atoms with Crippen LogP contribution in [0.5, 0.6) is 0 Å². The molecule has 0 spiro atoms. The quantitative estimate of drug-likeness (QED) is 0.815. The summed E-state index contributed by atoms with van der Waals surface area (Å²) in [6, 6.07) is 2.32. The zero-order valence-corrected chi connectivity index (χ0v) is 11.8. The van der Waals surface area contributed by atoms with Crippen LogP contribution in [-0.2, 0) is 4.79 Å². The second-order valence-corrected chi connectivity index (χ2v) is 4.77. The molecule has 0 bridgehead atoms. The van der Waals surface area contributed by atoms with Crippen LogP contribution in [0.2, 0.25) is 0 Å². The summed E-state index contributed by atoms with van der Waals surface area (Å²) in [6.45, 7) is 3.67. The second-order valence-electron chi connectivity index (χ2n) is 4.02. The maximum atomic E-state index is 12.0. The number of aromatic nitrogens is 1. The number of halogens is 1. The number of pyridine rings is 1. The van der Waals surface area contributed by atoms with Crippen LogP contribution >= 0.6 is 15.9 Å². The number of hydrogen-bond acceptors (Lipinski definition) is 3. The van der Waals surface area contributed by atoms with Gasteiger partial charge in [-0.25, -0.2) is 9.78 Å². The molecule has 1 aromatic rings. The van der Waals surface area contributed by atoms with Crippen molar-refractivity contribution < 1.29 is 14.7 Å². The van der Waals surface area contributed by atoms with Gasteiger partial charge in [-0.15, -0.1) is 0 Å².